The summed E-state index contributed by atoms with van der Waals surface area (Å²) in [6.45, 7) is 0. The van der Waals surface area contributed by atoms with Gasteiger partial charge in [0.25, 0.3) is 0 Å². The third-order valence-electron chi connectivity index (χ3n) is 5.80. The number of hydrogen-bond acceptors (Lipinski definition) is 10. The predicted octanol–water partition coefficient (Wildman–Crippen LogP) is 2.25. The van der Waals surface area contributed by atoms with Gasteiger partial charge in [0.1, 0.15) is 11.5 Å². The Morgan fingerprint density at radius 2 is 1.64 bits per heavy atom. The average Bonchev–Trinajstić information content (AvgIpc) is 3.36. The van der Waals surface area contributed by atoms with Gasteiger partial charge in [-0.2, -0.15) is 10.4 Å². The van der Waals surface area contributed by atoms with E-state index in [2.05, 4.69) is 16.3 Å². The summed E-state index contributed by atoms with van der Waals surface area (Å²) < 4.78 is 14.9. The summed E-state index contributed by atoms with van der Waals surface area (Å²) >= 11 is 0. The minimum absolute atomic E-state index is 0.00521. The summed E-state index contributed by atoms with van der Waals surface area (Å²) in [4.78, 5) is 40.1. The van der Waals surface area contributed by atoms with Gasteiger partial charge in [-0.05, 0) is 17.7 Å². The monoisotopic (exact) mass is 487 g/mol. The fourth-order valence-electron chi connectivity index (χ4n) is 4.25. The Hall–Kier alpha value is -5.11. The van der Waals surface area contributed by atoms with Crippen molar-refractivity contribution < 1.29 is 28.6 Å². The van der Waals surface area contributed by atoms with Crippen molar-refractivity contribution in [2.75, 3.05) is 26.2 Å². The number of allylic oxidation sites excluding steroid dienone is 1. The van der Waals surface area contributed by atoms with Crippen LogP contribution in [0.3, 0.4) is 0 Å². The summed E-state index contributed by atoms with van der Waals surface area (Å²) in [7, 11) is 3.52. The number of aromatic nitrogens is 2. The molecule has 0 fully saturated rings. The van der Waals surface area contributed by atoms with Crippen LogP contribution in [0, 0.1) is 11.3 Å². The maximum atomic E-state index is 13.2. The van der Waals surface area contributed by atoms with Crippen LogP contribution in [0.1, 0.15) is 22.0 Å². The topological polar surface area (TPSA) is 161 Å². The molecule has 4 rings (SSSR count). The number of nitriles is 1. The fraction of sp³-hybridized carbons (Fsp3) is 0.160. The van der Waals surface area contributed by atoms with E-state index in [-0.39, 0.29) is 39.4 Å². The van der Waals surface area contributed by atoms with Crippen molar-refractivity contribution in [2.24, 2.45) is 5.73 Å². The molecule has 0 aliphatic carbocycles. The summed E-state index contributed by atoms with van der Waals surface area (Å²) in [5, 5.41) is 17.2. The van der Waals surface area contributed by atoms with Crippen molar-refractivity contribution in [2.45, 2.75) is 5.92 Å². The first kappa shape index (κ1) is 24.0. The second kappa shape index (κ2) is 9.63. The normalized spacial score (nSPS) is 15.5. The zero-order valence-electron chi connectivity index (χ0n) is 19.6. The molecule has 0 saturated heterocycles. The summed E-state index contributed by atoms with van der Waals surface area (Å²) in [6, 6.07) is 15.6. The van der Waals surface area contributed by atoms with Gasteiger partial charge in [-0.3, -0.25) is 10.00 Å². The quantitative estimate of drug-likeness (QED) is 0.403. The Bertz CT molecular complexity index is 1480. The molecule has 3 N–H and O–H groups in total. The molecule has 0 bridgehead atoms. The highest BCUT2D eigenvalue weighted by Gasteiger charge is 2.43. The molecule has 36 heavy (non-hydrogen) atoms. The zero-order chi connectivity index (χ0) is 26.0. The second-order valence-corrected chi connectivity index (χ2v) is 7.60. The third kappa shape index (κ3) is 3.70. The molecular weight excluding hydrogens is 466 g/mol. The van der Waals surface area contributed by atoms with Crippen LogP contribution in [0.15, 0.2) is 71.2 Å². The minimum atomic E-state index is -1.02. The molecule has 1 aromatic heterocycles. The molecule has 0 spiro atoms. The van der Waals surface area contributed by atoms with Gasteiger partial charge in [0.2, 0.25) is 0 Å². The molecule has 182 valence electrons. The number of ether oxygens (including phenoxy) is 3. The SMILES string of the molecule is COC(=O)C1=C(C(=O)OC)N(c2cccc3[nH]nc(C(=O)OC)c23)C(N)=C(C#N)C1c1ccccc1. The molecule has 1 atom stereocenters. The number of rotatable bonds is 5. The van der Waals surface area contributed by atoms with E-state index in [1.165, 1.54) is 12.0 Å². The predicted molar refractivity (Wildman–Crippen MR) is 127 cm³/mol. The average molecular weight is 487 g/mol. The lowest BCUT2D eigenvalue weighted by atomic mass is 9.81. The minimum Gasteiger partial charge on any atom is -0.466 e. The highest BCUT2D eigenvalue weighted by molar-refractivity contribution is 6.12. The van der Waals surface area contributed by atoms with Crippen molar-refractivity contribution in [1.82, 2.24) is 10.2 Å². The lowest BCUT2D eigenvalue weighted by molar-refractivity contribution is -0.139. The number of carbonyl (C=O) groups is 3. The highest BCUT2D eigenvalue weighted by Crippen LogP contribution is 2.44. The van der Waals surface area contributed by atoms with E-state index in [4.69, 9.17) is 19.9 Å². The number of fused-ring (bicyclic) bond motifs is 1. The lowest BCUT2D eigenvalue weighted by Gasteiger charge is -2.36. The van der Waals surface area contributed by atoms with Crippen molar-refractivity contribution in [3.63, 3.8) is 0 Å². The summed E-state index contributed by atoms with van der Waals surface area (Å²) in [5.41, 5.74) is 7.20. The Labute approximate surface area is 205 Å². The number of methoxy groups -OCH3 is 3. The van der Waals surface area contributed by atoms with Gasteiger partial charge in [0.15, 0.2) is 5.69 Å². The van der Waals surface area contributed by atoms with E-state index in [0.717, 1.165) is 14.2 Å². The van der Waals surface area contributed by atoms with E-state index in [0.29, 0.717) is 11.1 Å². The van der Waals surface area contributed by atoms with E-state index in [1.54, 1.807) is 48.5 Å². The van der Waals surface area contributed by atoms with E-state index in [1.807, 2.05) is 0 Å². The number of nitrogens with zero attached hydrogens (tertiary/aromatic N) is 3. The molecular formula is C25H21N5O6. The molecule has 11 heteroatoms. The van der Waals surface area contributed by atoms with Gasteiger partial charge >= 0.3 is 17.9 Å². The molecule has 1 aliphatic heterocycles. The van der Waals surface area contributed by atoms with E-state index >= 15 is 0 Å². The Balaban J connectivity index is 2.14. The van der Waals surface area contributed by atoms with Crippen LogP contribution in [-0.2, 0) is 23.8 Å². The van der Waals surface area contributed by atoms with Crippen LogP contribution in [-0.4, -0.2) is 49.4 Å². The molecule has 1 aliphatic rings. The van der Waals surface area contributed by atoms with E-state index < -0.39 is 23.8 Å². The van der Waals surface area contributed by atoms with Crippen LogP contribution < -0.4 is 10.6 Å². The van der Waals surface area contributed by atoms with Crippen LogP contribution in [0.4, 0.5) is 5.69 Å². The molecule has 1 unspecified atom stereocenters. The largest absolute Gasteiger partial charge is 0.466 e. The zero-order valence-corrected chi connectivity index (χ0v) is 19.6. The first-order valence-corrected chi connectivity index (χ1v) is 10.6. The van der Waals surface area contributed by atoms with E-state index in [9.17, 15) is 19.6 Å². The number of benzene rings is 2. The lowest BCUT2D eigenvalue weighted by Crippen LogP contribution is -2.40. The number of aromatic amines is 1. The number of nitrogens with one attached hydrogen (secondary N) is 1. The number of hydrogen-bond donors (Lipinski definition) is 2. The smallest absolute Gasteiger partial charge is 0.359 e. The number of carbonyl (C=O) groups excluding carboxylic acids is 3. The maximum Gasteiger partial charge on any atom is 0.359 e. The van der Waals surface area contributed by atoms with Crippen LogP contribution in [0.5, 0.6) is 0 Å². The molecule has 3 aromatic rings. The first-order valence-electron chi connectivity index (χ1n) is 10.6. The third-order valence-corrected chi connectivity index (χ3v) is 5.80. The van der Waals surface area contributed by atoms with Gasteiger partial charge < -0.3 is 19.9 Å². The van der Waals surface area contributed by atoms with Crippen LogP contribution in [0.2, 0.25) is 0 Å². The number of H-pyrrole nitrogens is 1. The van der Waals surface area contributed by atoms with Crippen molar-refractivity contribution in [3.05, 3.63) is 82.5 Å². The van der Waals surface area contributed by atoms with Gasteiger partial charge in [-0.15, -0.1) is 0 Å². The Morgan fingerprint density at radius 1 is 0.972 bits per heavy atom. The van der Waals surface area contributed by atoms with Crippen molar-refractivity contribution in [1.29, 1.82) is 5.26 Å². The standard InChI is InChI=1S/C25H21N5O6/c1-34-23(31)19-17(13-8-5-4-6-9-13)14(12-26)22(27)30(21(19)25(33)36-3)16-11-7-10-15-18(16)20(29-28-15)24(32)35-2/h4-11,17H,27H2,1-3H3,(H,28,29). The molecule has 0 amide bonds. The van der Waals surface area contributed by atoms with Crippen molar-refractivity contribution >= 4 is 34.5 Å². The van der Waals surface area contributed by atoms with Gasteiger partial charge in [0, 0.05) is 0 Å². The Morgan fingerprint density at radius 3 is 2.25 bits per heavy atom. The highest BCUT2D eigenvalue weighted by atomic mass is 16.5. The molecule has 0 radical (unpaired) electrons. The first-order chi connectivity index (χ1) is 17.4. The van der Waals surface area contributed by atoms with Crippen molar-refractivity contribution in [3.8, 4) is 6.07 Å². The summed E-state index contributed by atoms with van der Waals surface area (Å²) in [6.07, 6.45) is 0. The number of anilines is 1. The molecule has 0 saturated carbocycles. The van der Waals surface area contributed by atoms with Gasteiger partial charge in [-0.1, -0.05) is 36.4 Å². The van der Waals surface area contributed by atoms with Crippen LogP contribution >= 0.6 is 0 Å². The fourth-order valence-corrected chi connectivity index (χ4v) is 4.25. The summed E-state index contributed by atoms with van der Waals surface area (Å²) in [5.74, 6) is -3.66. The maximum absolute atomic E-state index is 13.2. The number of nitrogens with two attached hydrogens (primary N) is 1. The molecule has 2 heterocycles. The second-order valence-electron chi connectivity index (χ2n) is 7.60. The Kier molecular flexibility index (Phi) is 6.43. The van der Waals surface area contributed by atoms with Gasteiger partial charge in [-0.25, -0.2) is 14.4 Å². The molecule has 2 aromatic carbocycles. The molecule has 11 nitrogen and oxygen atoms in total. The van der Waals surface area contributed by atoms with Gasteiger partial charge in [0.05, 0.1) is 61.1 Å². The van der Waals surface area contributed by atoms with Crippen LogP contribution in [0.25, 0.3) is 10.9 Å². The number of esters is 3.